The molecule has 4 bridgehead atoms. The van der Waals surface area contributed by atoms with E-state index in [9.17, 15) is 5.11 Å². The molecule has 0 saturated carbocycles. The van der Waals surface area contributed by atoms with Gasteiger partial charge < -0.3 is 14.8 Å². The Hall–Kier alpha value is -1.62. The number of nitrogens with zero attached hydrogens (tertiary/aromatic N) is 1. The highest BCUT2D eigenvalue weighted by Crippen LogP contribution is 2.65. The highest BCUT2D eigenvalue weighted by molar-refractivity contribution is 5.86. The van der Waals surface area contributed by atoms with E-state index < -0.39 is 0 Å². The Bertz CT molecular complexity index is 885. The molecule has 2 N–H and O–H groups in total. The molecule has 24 heavy (non-hydrogen) atoms. The molecule has 1 aromatic carbocycles. The molecule has 124 valence electrons. The van der Waals surface area contributed by atoms with Crippen molar-refractivity contribution in [2.24, 2.45) is 11.3 Å². The molecule has 7 rings (SSSR count). The second kappa shape index (κ2) is 4.31. The van der Waals surface area contributed by atoms with E-state index in [0.29, 0.717) is 24.6 Å². The predicted octanol–water partition coefficient (Wildman–Crippen LogP) is 2.92. The Labute approximate surface area is 141 Å². The number of rotatable bonds is 1. The van der Waals surface area contributed by atoms with E-state index in [4.69, 9.17) is 4.74 Å². The lowest BCUT2D eigenvalue weighted by atomic mass is 9.56. The van der Waals surface area contributed by atoms with E-state index in [1.807, 2.05) is 0 Å². The fraction of sp³-hybridized carbons (Fsp3) is 0.500. The van der Waals surface area contributed by atoms with Gasteiger partial charge >= 0.3 is 0 Å². The van der Waals surface area contributed by atoms with Gasteiger partial charge in [0.05, 0.1) is 25.3 Å². The quantitative estimate of drug-likeness (QED) is 0.794. The molecule has 0 amide bonds. The largest absolute Gasteiger partial charge is 0.396 e. The SMILES string of the molecule is C/C=C1/CN2[C@H]3[C@@H]4OCC3(CO)C1C[C@H]2c1[nH]c2ccccc2c14. The van der Waals surface area contributed by atoms with Gasteiger partial charge in [-0.3, -0.25) is 4.90 Å². The monoisotopic (exact) mass is 322 g/mol. The lowest BCUT2D eigenvalue weighted by molar-refractivity contribution is -0.102. The van der Waals surface area contributed by atoms with E-state index in [1.54, 1.807) is 0 Å². The van der Waals surface area contributed by atoms with Gasteiger partial charge in [-0.05, 0) is 25.3 Å². The summed E-state index contributed by atoms with van der Waals surface area (Å²) in [5.74, 6) is 0.442. The van der Waals surface area contributed by atoms with Crippen LogP contribution in [0.3, 0.4) is 0 Å². The van der Waals surface area contributed by atoms with Gasteiger partial charge in [-0.1, -0.05) is 29.8 Å². The first kappa shape index (κ1) is 13.6. The first-order valence-corrected chi connectivity index (χ1v) is 9.02. The second-order valence-electron chi connectivity index (χ2n) is 7.91. The van der Waals surface area contributed by atoms with Crippen LogP contribution in [0, 0.1) is 11.3 Å². The zero-order valence-corrected chi connectivity index (χ0v) is 13.8. The lowest BCUT2D eigenvalue weighted by Crippen LogP contribution is -2.66. The molecule has 4 saturated heterocycles. The average Bonchev–Trinajstić information content (AvgIpc) is 3.22. The molecule has 0 aliphatic carbocycles. The maximum absolute atomic E-state index is 10.4. The number of fused-ring (bicyclic) bond motifs is 5. The normalized spacial score (nSPS) is 43.6. The maximum atomic E-state index is 10.4. The number of hydrogen-bond donors (Lipinski definition) is 2. The Kier molecular flexibility index (Phi) is 2.45. The third kappa shape index (κ3) is 1.31. The number of ether oxygens (including phenoxy) is 1. The van der Waals surface area contributed by atoms with Crippen molar-refractivity contribution in [1.82, 2.24) is 9.88 Å². The van der Waals surface area contributed by atoms with Crippen LogP contribution in [0.25, 0.3) is 10.9 Å². The first-order chi connectivity index (χ1) is 11.8. The minimum absolute atomic E-state index is 0.0840. The van der Waals surface area contributed by atoms with Gasteiger partial charge in [0.2, 0.25) is 0 Å². The zero-order valence-electron chi connectivity index (χ0n) is 13.8. The van der Waals surface area contributed by atoms with Gasteiger partial charge in [0.1, 0.15) is 6.10 Å². The van der Waals surface area contributed by atoms with Gasteiger partial charge in [0.15, 0.2) is 0 Å². The highest BCUT2D eigenvalue weighted by Gasteiger charge is 2.67. The highest BCUT2D eigenvalue weighted by atomic mass is 16.5. The first-order valence-electron chi connectivity index (χ1n) is 9.02. The smallest absolute Gasteiger partial charge is 0.101 e. The molecule has 0 radical (unpaired) electrons. The number of hydrogen-bond acceptors (Lipinski definition) is 3. The van der Waals surface area contributed by atoms with Gasteiger partial charge in [0, 0.05) is 34.1 Å². The van der Waals surface area contributed by atoms with Crippen molar-refractivity contribution in [3.63, 3.8) is 0 Å². The van der Waals surface area contributed by atoms with Crippen LogP contribution in [0.1, 0.15) is 36.7 Å². The summed E-state index contributed by atoms with van der Waals surface area (Å²) >= 11 is 0. The number of aromatic amines is 1. The Morgan fingerprint density at radius 1 is 1.42 bits per heavy atom. The topological polar surface area (TPSA) is 48.5 Å². The van der Waals surface area contributed by atoms with Gasteiger partial charge in [-0.15, -0.1) is 0 Å². The summed E-state index contributed by atoms with van der Waals surface area (Å²) in [6, 6.07) is 9.31. The van der Waals surface area contributed by atoms with Gasteiger partial charge in [0.25, 0.3) is 0 Å². The Morgan fingerprint density at radius 2 is 2.29 bits per heavy atom. The summed E-state index contributed by atoms with van der Waals surface area (Å²) in [7, 11) is 0. The van der Waals surface area contributed by atoms with Crippen LogP contribution in [-0.2, 0) is 4.74 Å². The van der Waals surface area contributed by atoms with Crippen LogP contribution in [0.4, 0.5) is 0 Å². The molecule has 0 spiro atoms. The number of piperidine rings is 3. The number of benzene rings is 1. The van der Waals surface area contributed by atoms with Gasteiger partial charge in [-0.2, -0.15) is 0 Å². The molecule has 4 fully saturated rings. The molecule has 3 unspecified atom stereocenters. The minimum atomic E-state index is -0.128. The van der Waals surface area contributed by atoms with Crippen LogP contribution in [-0.4, -0.2) is 40.8 Å². The van der Waals surface area contributed by atoms with Crippen LogP contribution in [0.15, 0.2) is 35.9 Å². The van der Waals surface area contributed by atoms with E-state index in [2.05, 4.69) is 47.1 Å². The summed E-state index contributed by atoms with van der Waals surface area (Å²) in [6.07, 6.45) is 3.44. The average molecular weight is 322 g/mol. The summed E-state index contributed by atoms with van der Waals surface area (Å²) in [5.41, 5.74) is 5.28. The zero-order chi connectivity index (χ0) is 16.1. The summed E-state index contributed by atoms with van der Waals surface area (Å²) in [5, 5.41) is 11.7. The standard InChI is InChI=1S/C20H22N2O2/c1-2-11-8-22-15-7-13(11)20(9-23)10-24-18(19(20)22)16-12-5-3-4-6-14(12)21-17(15)16/h2-6,13,15,18-19,21,23H,7-10H2,1H3/b11-2-/t13?,15-,18+,19-,20?/m0/s1. The molecule has 6 heterocycles. The van der Waals surface area contributed by atoms with Crippen LogP contribution < -0.4 is 0 Å². The van der Waals surface area contributed by atoms with Crippen molar-refractivity contribution in [1.29, 1.82) is 0 Å². The van der Waals surface area contributed by atoms with Crippen LogP contribution >= 0.6 is 0 Å². The van der Waals surface area contributed by atoms with Crippen LogP contribution in [0.2, 0.25) is 0 Å². The molecule has 1 aromatic heterocycles. The molecule has 5 aliphatic heterocycles. The summed E-state index contributed by atoms with van der Waals surface area (Å²) < 4.78 is 6.40. The fourth-order valence-corrected chi connectivity index (χ4v) is 6.19. The number of aromatic nitrogens is 1. The fourth-order valence-electron chi connectivity index (χ4n) is 6.19. The van der Waals surface area contributed by atoms with Crippen molar-refractivity contribution in [2.45, 2.75) is 31.5 Å². The molecule has 5 aliphatic rings. The van der Waals surface area contributed by atoms with Gasteiger partial charge in [-0.25, -0.2) is 0 Å². The van der Waals surface area contributed by atoms with E-state index in [1.165, 1.54) is 27.7 Å². The van der Waals surface area contributed by atoms with E-state index in [-0.39, 0.29) is 18.1 Å². The van der Waals surface area contributed by atoms with E-state index in [0.717, 1.165) is 13.0 Å². The Morgan fingerprint density at radius 3 is 3.12 bits per heavy atom. The summed E-state index contributed by atoms with van der Waals surface area (Å²) in [6.45, 7) is 4.05. The number of allylic oxidation sites excluding steroid dienone is 1. The molecular weight excluding hydrogens is 300 g/mol. The maximum Gasteiger partial charge on any atom is 0.101 e. The molecule has 6 atom stereocenters. The number of H-pyrrole nitrogens is 1. The second-order valence-corrected chi connectivity index (χ2v) is 7.91. The number of nitrogens with one attached hydrogen (secondary N) is 1. The molecule has 2 aromatic rings. The summed E-state index contributed by atoms with van der Waals surface area (Å²) in [4.78, 5) is 6.31. The van der Waals surface area contributed by atoms with Crippen LogP contribution in [0.5, 0.6) is 0 Å². The Balaban J connectivity index is 1.64. The van der Waals surface area contributed by atoms with Crippen molar-refractivity contribution in [3.05, 3.63) is 47.2 Å². The molecule has 4 heteroatoms. The molecule has 4 nitrogen and oxygen atoms in total. The minimum Gasteiger partial charge on any atom is -0.396 e. The lowest BCUT2D eigenvalue weighted by Gasteiger charge is -2.61. The number of para-hydroxylation sites is 1. The predicted molar refractivity (Wildman–Crippen MR) is 91.6 cm³/mol. The molecular formula is C20H22N2O2. The van der Waals surface area contributed by atoms with Crippen molar-refractivity contribution < 1.29 is 9.84 Å². The van der Waals surface area contributed by atoms with Crippen molar-refractivity contribution in [3.8, 4) is 0 Å². The van der Waals surface area contributed by atoms with Crippen molar-refractivity contribution >= 4 is 10.9 Å². The number of aliphatic hydroxyl groups excluding tert-OH is 1. The number of aliphatic hydroxyl groups is 1. The van der Waals surface area contributed by atoms with Crippen molar-refractivity contribution in [2.75, 3.05) is 19.8 Å². The van der Waals surface area contributed by atoms with E-state index >= 15 is 0 Å². The third-order valence-electron chi connectivity index (χ3n) is 7.19. The third-order valence-corrected chi connectivity index (χ3v) is 7.19.